The molecule has 0 bridgehead atoms. The van der Waals surface area contributed by atoms with E-state index in [4.69, 9.17) is 10.5 Å². The zero-order valence-electron chi connectivity index (χ0n) is 11.7. The first kappa shape index (κ1) is 13.5. The van der Waals surface area contributed by atoms with Crippen molar-refractivity contribution in [2.75, 3.05) is 13.7 Å². The van der Waals surface area contributed by atoms with Crippen LogP contribution in [0.5, 0.6) is 5.75 Å². The number of aryl methyl sites for hydroxylation is 1. The summed E-state index contributed by atoms with van der Waals surface area (Å²) in [7, 11) is 1.69. The molecule has 2 aromatic rings. The van der Waals surface area contributed by atoms with Crippen LogP contribution < -0.4 is 10.5 Å². The summed E-state index contributed by atoms with van der Waals surface area (Å²) in [4.78, 5) is 8.82. The maximum Gasteiger partial charge on any atom is 0.128 e. The van der Waals surface area contributed by atoms with Crippen LogP contribution in [0.15, 0.2) is 18.6 Å². The van der Waals surface area contributed by atoms with Crippen LogP contribution in [-0.4, -0.2) is 28.2 Å². The molecule has 5 heteroatoms. The third-order valence-electron chi connectivity index (χ3n) is 3.24. The van der Waals surface area contributed by atoms with Gasteiger partial charge in [-0.15, -0.1) is 0 Å². The third kappa shape index (κ3) is 2.76. The molecular weight excluding hydrogens is 240 g/mol. The molecule has 0 saturated heterocycles. The highest BCUT2D eigenvalue weighted by atomic mass is 16.5. The van der Waals surface area contributed by atoms with Crippen molar-refractivity contribution in [3.05, 3.63) is 41.2 Å². The number of pyridine rings is 1. The molecule has 0 saturated carbocycles. The van der Waals surface area contributed by atoms with Gasteiger partial charge in [0, 0.05) is 36.1 Å². The summed E-state index contributed by atoms with van der Waals surface area (Å²) in [5.41, 5.74) is 8.72. The van der Waals surface area contributed by atoms with Gasteiger partial charge in [-0.05, 0) is 20.4 Å². The van der Waals surface area contributed by atoms with Crippen molar-refractivity contribution >= 4 is 0 Å². The molecule has 0 aliphatic heterocycles. The predicted molar refractivity (Wildman–Crippen MR) is 74.4 cm³/mol. The minimum atomic E-state index is 0.598. The van der Waals surface area contributed by atoms with E-state index < -0.39 is 0 Å². The summed E-state index contributed by atoms with van der Waals surface area (Å²) in [5, 5.41) is 0. The van der Waals surface area contributed by atoms with E-state index in [2.05, 4.69) is 14.5 Å². The number of hydrogen-bond donors (Lipinski definition) is 1. The molecule has 2 aromatic heterocycles. The average Bonchev–Trinajstić information content (AvgIpc) is 2.81. The van der Waals surface area contributed by atoms with Crippen molar-refractivity contribution in [1.82, 2.24) is 14.5 Å². The standard InChI is InChI=1S/C14H20N4O/c1-10-8-17-12(11(2)14(10)19-3)9-18-7-6-16-13(18)4-5-15/h6-8H,4-5,9,15H2,1-3H3. The summed E-state index contributed by atoms with van der Waals surface area (Å²) in [6.45, 7) is 5.33. The first-order valence-electron chi connectivity index (χ1n) is 6.36. The van der Waals surface area contributed by atoms with Gasteiger partial charge in [-0.25, -0.2) is 4.98 Å². The number of imidazole rings is 1. The van der Waals surface area contributed by atoms with E-state index in [1.807, 2.05) is 26.2 Å². The normalized spacial score (nSPS) is 10.7. The lowest BCUT2D eigenvalue weighted by atomic mass is 10.1. The Morgan fingerprint density at radius 2 is 2.11 bits per heavy atom. The molecule has 2 heterocycles. The van der Waals surface area contributed by atoms with E-state index in [0.29, 0.717) is 13.1 Å². The first-order chi connectivity index (χ1) is 9.17. The van der Waals surface area contributed by atoms with E-state index in [0.717, 1.165) is 34.8 Å². The molecular formula is C14H20N4O. The van der Waals surface area contributed by atoms with E-state index in [-0.39, 0.29) is 0 Å². The second-order valence-electron chi connectivity index (χ2n) is 4.56. The Morgan fingerprint density at radius 3 is 2.79 bits per heavy atom. The molecule has 2 N–H and O–H groups in total. The lowest BCUT2D eigenvalue weighted by Crippen LogP contribution is -2.12. The van der Waals surface area contributed by atoms with E-state index in [1.165, 1.54) is 0 Å². The minimum absolute atomic E-state index is 0.598. The maximum absolute atomic E-state index is 5.59. The van der Waals surface area contributed by atoms with Crippen molar-refractivity contribution in [2.45, 2.75) is 26.8 Å². The number of ether oxygens (including phenoxy) is 1. The van der Waals surface area contributed by atoms with Crippen LogP contribution in [0.1, 0.15) is 22.6 Å². The highest BCUT2D eigenvalue weighted by molar-refractivity contribution is 5.41. The van der Waals surface area contributed by atoms with Gasteiger partial charge in [0.25, 0.3) is 0 Å². The zero-order valence-corrected chi connectivity index (χ0v) is 11.7. The molecule has 19 heavy (non-hydrogen) atoms. The lowest BCUT2D eigenvalue weighted by Gasteiger charge is -2.13. The Kier molecular flexibility index (Phi) is 4.16. The van der Waals surface area contributed by atoms with Gasteiger partial charge in [0.05, 0.1) is 19.3 Å². The van der Waals surface area contributed by atoms with Crippen molar-refractivity contribution in [2.24, 2.45) is 5.73 Å². The van der Waals surface area contributed by atoms with Crippen LogP contribution in [0.25, 0.3) is 0 Å². The lowest BCUT2D eigenvalue weighted by molar-refractivity contribution is 0.406. The summed E-state index contributed by atoms with van der Waals surface area (Å²) in [6, 6.07) is 0. The molecule has 102 valence electrons. The second-order valence-corrected chi connectivity index (χ2v) is 4.56. The number of nitrogens with two attached hydrogens (primary N) is 1. The molecule has 5 nitrogen and oxygen atoms in total. The van der Waals surface area contributed by atoms with Gasteiger partial charge in [-0.3, -0.25) is 4.98 Å². The monoisotopic (exact) mass is 260 g/mol. The Hall–Kier alpha value is -1.88. The van der Waals surface area contributed by atoms with Crippen LogP contribution >= 0.6 is 0 Å². The summed E-state index contributed by atoms with van der Waals surface area (Å²) in [5.74, 6) is 1.90. The molecule has 0 aliphatic carbocycles. The van der Waals surface area contributed by atoms with E-state index >= 15 is 0 Å². The molecule has 0 spiro atoms. The summed E-state index contributed by atoms with van der Waals surface area (Å²) < 4.78 is 7.51. The predicted octanol–water partition coefficient (Wildman–Crippen LogP) is 1.45. The SMILES string of the molecule is COc1c(C)cnc(Cn2ccnc2CCN)c1C. The smallest absolute Gasteiger partial charge is 0.128 e. The molecule has 0 atom stereocenters. The first-order valence-corrected chi connectivity index (χ1v) is 6.36. The van der Waals surface area contributed by atoms with Crippen molar-refractivity contribution in [3.63, 3.8) is 0 Å². The van der Waals surface area contributed by atoms with Gasteiger partial charge in [-0.1, -0.05) is 0 Å². The zero-order chi connectivity index (χ0) is 13.8. The van der Waals surface area contributed by atoms with E-state index in [1.54, 1.807) is 13.3 Å². The highest BCUT2D eigenvalue weighted by Gasteiger charge is 2.11. The van der Waals surface area contributed by atoms with Crippen LogP contribution in [0.3, 0.4) is 0 Å². The maximum atomic E-state index is 5.59. The Balaban J connectivity index is 2.31. The van der Waals surface area contributed by atoms with Gasteiger partial charge < -0.3 is 15.0 Å². The van der Waals surface area contributed by atoms with Crippen LogP contribution in [-0.2, 0) is 13.0 Å². The molecule has 0 aliphatic rings. The second kappa shape index (κ2) is 5.84. The van der Waals surface area contributed by atoms with Crippen LogP contribution in [0, 0.1) is 13.8 Å². The van der Waals surface area contributed by atoms with Gasteiger partial charge >= 0.3 is 0 Å². The largest absolute Gasteiger partial charge is 0.496 e. The molecule has 0 unspecified atom stereocenters. The number of rotatable bonds is 5. The molecule has 2 rings (SSSR count). The fraction of sp³-hybridized carbons (Fsp3) is 0.429. The highest BCUT2D eigenvalue weighted by Crippen LogP contribution is 2.24. The molecule has 0 fully saturated rings. The minimum Gasteiger partial charge on any atom is -0.496 e. The van der Waals surface area contributed by atoms with Gasteiger partial charge in [0.15, 0.2) is 0 Å². The number of methoxy groups -OCH3 is 1. The van der Waals surface area contributed by atoms with Crippen molar-refractivity contribution in [3.8, 4) is 5.75 Å². The quantitative estimate of drug-likeness (QED) is 0.883. The fourth-order valence-corrected chi connectivity index (χ4v) is 2.23. The topological polar surface area (TPSA) is 66.0 Å². The molecule has 0 radical (unpaired) electrons. The Bertz CT molecular complexity index is 563. The van der Waals surface area contributed by atoms with Crippen molar-refractivity contribution < 1.29 is 4.74 Å². The molecule has 0 aromatic carbocycles. The van der Waals surface area contributed by atoms with Crippen LogP contribution in [0.2, 0.25) is 0 Å². The average molecular weight is 260 g/mol. The summed E-state index contributed by atoms with van der Waals surface area (Å²) >= 11 is 0. The number of aromatic nitrogens is 3. The molecule has 0 amide bonds. The Labute approximate surface area is 113 Å². The van der Waals surface area contributed by atoms with Gasteiger partial charge in [0.1, 0.15) is 11.6 Å². The van der Waals surface area contributed by atoms with Gasteiger partial charge in [-0.2, -0.15) is 0 Å². The van der Waals surface area contributed by atoms with Gasteiger partial charge in [0.2, 0.25) is 0 Å². The number of hydrogen-bond acceptors (Lipinski definition) is 4. The third-order valence-corrected chi connectivity index (χ3v) is 3.24. The van der Waals surface area contributed by atoms with Crippen LogP contribution in [0.4, 0.5) is 0 Å². The number of nitrogens with zero attached hydrogens (tertiary/aromatic N) is 3. The fourth-order valence-electron chi connectivity index (χ4n) is 2.23. The summed E-state index contributed by atoms with van der Waals surface area (Å²) in [6.07, 6.45) is 6.37. The Morgan fingerprint density at radius 1 is 1.32 bits per heavy atom. The van der Waals surface area contributed by atoms with Crippen molar-refractivity contribution in [1.29, 1.82) is 0 Å². The van der Waals surface area contributed by atoms with E-state index in [9.17, 15) is 0 Å².